The van der Waals surface area contributed by atoms with E-state index in [1.54, 1.807) is 11.3 Å². The molecular formula is C26H20N2OS2. The van der Waals surface area contributed by atoms with Gasteiger partial charge in [-0.25, -0.2) is 4.99 Å². The number of nitrogens with zero attached hydrogens (tertiary/aromatic N) is 2. The molecule has 2 aromatic carbocycles. The summed E-state index contributed by atoms with van der Waals surface area (Å²) in [6.07, 6.45) is 3.91. The maximum absolute atomic E-state index is 13.6. The number of hydrogen-bond donors (Lipinski definition) is 0. The van der Waals surface area contributed by atoms with Crippen LogP contribution < -0.4 is 14.9 Å². The Labute approximate surface area is 188 Å². The van der Waals surface area contributed by atoms with E-state index in [1.807, 2.05) is 10.6 Å². The second-order valence-electron chi connectivity index (χ2n) is 8.04. The molecule has 0 spiro atoms. The summed E-state index contributed by atoms with van der Waals surface area (Å²) in [5, 5.41) is 2.09. The Kier molecular flexibility index (Phi) is 4.40. The molecule has 2 aliphatic rings. The minimum atomic E-state index is -0.0697. The van der Waals surface area contributed by atoms with Crippen LogP contribution >= 0.6 is 22.7 Å². The van der Waals surface area contributed by atoms with Gasteiger partial charge in [-0.3, -0.25) is 9.36 Å². The van der Waals surface area contributed by atoms with Gasteiger partial charge in [-0.1, -0.05) is 71.5 Å². The number of thiophene rings is 1. The number of benzene rings is 2. The lowest BCUT2D eigenvalue weighted by atomic mass is 9.85. The summed E-state index contributed by atoms with van der Waals surface area (Å²) in [7, 11) is 0. The Hall–Kier alpha value is -3.02. The highest BCUT2D eigenvalue weighted by Gasteiger charge is 2.32. The van der Waals surface area contributed by atoms with Crippen molar-refractivity contribution in [2.24, 2.45) is 4.99 Å². The lowest BCUT2D eigenvalue weighted by molar-refractivity contribution is 0.593. The Morgan fingerprint density at radius 2 is 1.87 bits per heavy atom. The van der Waals surface area contributed by atoms with E-state index < -0.39 is 0 Å². The van der Waals surface area contributed by atoms with E-state index in [0.29, 0.717) is 0 Å². The number of thiazole rings is 1. The van der Waals surface area contributed by atoms with Gasteiger partial charge in [0.25, 0.3) is 5.56 Å². The maximum atomic E-state index is 13.6. The van der Waals surface area contributed by atoms with Crippen molar-refractivity contribution < 1.29 is 0 Å². The first-order chi connectivity index (χ1) is 15.2. The summed E-state index contributed by atoms with van der Waals surface area (Å²) >= 11 is 3.20. The largest absolute Gasteiger partial charge is 0.271 e. The fraction of sp³-hybridized carbons (Fsp3) is 0.154. The molecule has 1 aliphatic carbocycles. The summed E-state index contributed by atoms with van der Waals surface area (Å²) < 4.78 is 2.65. The quantitative estimate of drug-likeness (QED) is 0.445. The lowest BCUT2D eigenvalue weighted by Gasteiger charge is -2.30. The number of aryl methyl sites for hydroxylation is 2. The van der Waals surface area contributed by atoms with Crippen LogP contribution in [-0.2, 0) is 6.42 Å². The summed E-state index contributed by atoms with van der Waals surface area (Å²) in [4.78, 5) is 20.6. The normalized spacial score (nSPS) is 17.7. The molecule has 5 heteroatoms. The van der Waals surface area contributed by atoms with E-state index in [0.717, 1.165) is 33.4 Å². The zero-order valence-electron chi connectivity index (χ0n) is 17.0. The van der Waals surface area contributed by atoms with Crippen molar-refractivity contribution >= 4 is 34.4 Å². The molecule has 1 atom stereocenters. The van der Waals surface area contributed by atoms with Crippen LogP contribution in [0.5, 0.6) is 0 Å². The number of fused-ring (bicyclic) bond motifs is 3. The number of rotatable bonds is 2. The van der Waals surface area contributed by atoms with Crippen molar-refractivity contribution in [1.29, 1.82) is 0 Å². The van der Waals surface area contributed by atoms with Crippen molar-refractivity contribution in [2.75, 3.05) is 0 Å². The molecule has 0 saturated heterocycles. The van der Waals surface area contributed by atoms with Crippen LogP contribution in [0.2, 0.25) is 0 Å². The Balaban J connectivity index is 1.62. The minimum absolute atomic E-state index is 0.0492. The SMILES string of the molecule is Cc1ccc(/C=c2/sc3n(c2=O)[C@@H](c2cccs2)C2=C(N=3)c3ccccc3CC2)cc1. The summed E-state index contributed by atoms with van der Waals surface area (Å²) in [5.74, 6) is 0. The van der Waals surface area contributed by atoms with E-state index in [4.69, 9.17) is 4.99 Å². The summed E-state index contributed by atoms with van der Waals surface area (Å²) in [6, 6.07) is 21.0. The molecule has 3 heterocycles. The van der Waals surface area contributed by atoms with E-state index >= 15 is 0 Å². The molecule has 0 fully saturated rings. The molecule has 2 aromatic heterocycles. The summed E-state index contributed by atoms with van der Waals surface area (Å²) in [6.45, 7) is 2.07. The predicted molar refractivity (Wildman–Crippen MR) is 128 cm³/mol. The first-order valence-corrected chi connectivity index (χ1v) is 12.1. The highest BCUT2D eigenvalue weighted by molar-refractivity contribution is 7.10. The topological polar surface area (TPSA) is 34.4 Å². The number of aromatic nitrogens is 1. The molecule has 3 nitrogen and oxygen atoms in total. The fourth-order valence-corrected chi connectivity index (χ4v) is 6.38. The van der Waals surface area contributed by atoms with Crippen LogP contribution in [-0.4, -0.2) is 4.57 Å². The lowest BCUT2D eigenvalue weighted by Crippen LogP contribution is -2.38. The molecule has 6 rings (SSSR count). The Bertz CT molecular complexity index is 1500. The first-order valence-electron chi connectivity index (χ1n) is 10.4. The predicted octanol–water partition coefficient (Wildman–Crippen LogP) is 4.69. The molecule has 0 bridgehead atoms. The molecule has 0 saturated carbocycles. The van der Waals surface area contributed by atoms with Gasteiger partial charge in [0.1, 0.15) is 0 Å². The van der Waals surface area contributed by atoms with Crippen molar-refractivity contribution in [1.82, 2.24) is 4.57 Å². The fourth-order valence-electron chi connectivity index (χ4n) is 4.53. The van der Waals surface area contributed by atoms with Crippen LogP contribution in [0.15, 0.2) is 81.4 Å². The van der Waals surface area contributed by atoms with Crippen LogP contribution in [0.4, 0.5) is 0 Å². The average Bonchev–Trinajstić information content (AvgIpc) is 3.43. The molecule has 152 valence electrons. The second kappa shape index (κ2) is 7.29. The van der Waals surface area contributed by atoms with Gasteiger partial charge in [0.05, 0.1) is 16.3 Å². The zero-order chi connectivity index (χ0) is 20.9. The van der Waals surface area contributed by atoms with Gasteiger partial charge in [0.2, 0.25) is 0 Å². The molecule has 31 heavy (non-hydrogen) atoms. The van der Waals surface area contributed by atoms with Crippen molar-refractivity contribution in [3.63, 3.8) is 0 Å². The molecule has 1 aliphatic heterocycles. The molecule has 0 unspecified atom stereocenters. The molecular weight excluding hydrogens is 420 g/mol. The molecule has 0 N–H and O–H groups in total. The van der Waals surface area contributed by atoms with Gasteiger partial charge < -0.3 is 0 Å². The smallest absolute Gasteiger partial charge is 0.271 e. The van der Waals surface area contributed by atoms with Gasteiger partial charge in [0, 0.05) is 10.4 Å². The average molecular weight is 441 g/mol. The van der Waals surface area contributed by atoms with E-state index in [2.05, 4.69) is 73.0 Å². The van der Waals surface area contributed by atoms with Crippen molar-refractivity contribution in [3.05, 3.63) is 118 Å². The third-order valence-corrected chi connectivity index (χ3v) is 7.97. The van der Waals surface area contributed by atoms with E-state index in [1.165, 1.54) is 38.5 Å². The molecule has 0 amide bonds. The second-order valence-corrected chi connectivity index (χ2v) is 10.0. The molecule has 0 radical (unpaired) electrons. The summed E-state index contributed by atoms with van der Waals surface area (Å²) in [5.41, 5.74) is 7.17. The highest BCUT2D eigenvalue weighted by Crippen LogP contribution is 2.42. The van der Waals surface area contributed by atoms with E-state index in [9.17, 15) is 4.79 Å². The highest BCUT2D eigenvalue weighted by atomic mass is 32.1. The molecule has 4 aromatic rings. The number of allylic oxidation sites excluding steroid dienone is 1. The third kappa shape index (κ3) is 3.08. The van der Waals surface area contributed by atoms with Gasteiger partial charge in [-0.2, -0.15) is 0 Å². The Morgan fingerprint density at radius 1 is 1.03 bits per heavy atom. The monoisotopic (exact) mass is 440 g/mol. The van der Waals surface area contributed by atoms with E-state index in [-0.39, 0.29) is 11.6 Å². The van der Waals surface area contributed by atoms with Crippen molar-refractivity contribution in [2.45, 2.75) is 25.8 Å². The third-order valence-electron chi connectivity index (χ3n) is 6.06. The number of hydrogen-bond acceptors (Lipinski definition) is 4. The van der Waals surface area contributed by atoms with Crippen molar-refractivity contribution in [3.8, 4) is 0 Å². The van der Waals surface area contributed by atoms with Gasteiger partial charge in [-0.05, 0) is 54.0 Å². The zero-order valence-corrected chi connectivity index (χ0v) is 18.7. The van der Waals surface area contributed by atoms with Crippen LogP contribution in [0.25, 0.3) is 11.8 Å². The van der Waals surface area contributed by atoms with Gasteiger partial charge in [0.15, 0.2) is 4.80 Å². The first kappa shape index (κ1) is 18.7. The van der Waals surface area contributed by atoms with Gasteiger partial charge >= 0.3 is 0 Å². The van der Waals surface area contributed by atoms with Crippen LogP contribution in [0.1, 0.15) is 39.6 Å². The van der Waals surface area contributed by atoms with Crippen LogP contribution in [0.3, 0.4) is 0 Å². The van der Waals surface area contributed by atoms with Crippen LogP contribution in [0, 0.1) is 6.92 Å². The van der Waals surface area contributed by atoms with Gasteiger partial charge in [-0.15, -0.1) is 11.3 Å². The standard InChI is InChI=1S/C26H20N2OS2/c1-16-8-10-17(11-9-16)15-22-25(29)28-24(21-7-4-14-30-21)20-13-12-18-5-2-3-6-19(18)23(20)27-26(28)31-22/h2-11,14-15,24H,12-13H2,1H3/b22-15+/t24-/m1/s1. The Morgan fingerprint density at radius 3 is 2.68 bits per heavy atom. The maximum Gasteiger partial charge on any atom is 0.271 e. The minimum Gasteiger partial charge on any atom is -0.271 e.